The molecule has 0 saturated carbocycles. The molecule has 29 heavy (non-hydrogen) atoms. The van der Waals surface area contributed by atoms with Crippen LogP contribution in [0.25, 0.3) is 0 Å². The molecule has 1 aromatic carbocycles. The number of amides is 1. The average molecular weight is 424 g/mol. The van der Waals surface area contributed by atoms with Crippen LogP contribution in [0.2, 0.25) is 18.1 Å². The lowest BCUT2D eigenvalue weighted by Crippen LogP contribution is -2.48. The monoisotopic (exact) mass is 423 g/mol. The molecule has 6 nitrogen and oxygen atoms in total. The second kappa shape index (κ2) is 10.3. The third kappa shape index (κ3) is 9.94. The van der Waals surface area contributed by atoms with Crippen molar-refractivity contribution >= 4 is 20.4 Å². The van der Waals surface area contributed by atoms with E-state index in [1.807, 2.05) is 51.1 Å². The van der Waals surface area contributed by atoms with Crippen LogP contribution in [0.4, 0.5) is 4.79 Å². The van der Waals surface area contributed by atoms with E-state index in [1.165, 1.54) is 0 Å². The van der Waals surface area contributed by atoms with Crippen LogP contribution in [0.1, 0.15) is 53.5 Å². The van der Waals surface area contributed by atoms with Gasteiger partial charge >= 0.3 is 12.1 Å². The van der Waals surface area contributed by atoms with Gasteiger partial charge in [-0.3, -0.25) is 4.79 Å². The number of carbonyl (C=O) groups is 2. The van der Waals surface area contributed by atoms with E-state index in [9.17, 15) is 9.59 Å². The average Bonchev–Trinajstić information content (AvgIpc) is 2.55. The van der Waals surface area contributed by atoms with Crippen molar-refractivity contribution in [2.45, 2.75) is 84.4 Å². The van der Waals surface area contributed by atoms with Gasteiger partial charge in [-0.15, -0.1) is 0 Å². The van der Waals surface area contributed by atoms with E-state index in [0.717, 1.165) is 5.56 Å². The molecule has 0 heterocycles. The van der Waals surface area contributed by atoms with Crippen molar-refractivity contribution in [2.24, 2.45) is 0 Å². The molecule has 1 aromatic rings. The van der Waals surface area contributed by atoms with E-state index in [4.69, 9.17) is 13.9 Å². The Morgan fingerprint density at radius 1 is 1.03 bits per heavy atom. The molecule has 0 aliphatic carbocycles. The fraction of sp³-hybridized carbons (Fsp3) is 0.636. The number of benzene rings is 1. The fourth-order valence-electron chi connectivity index (χ4n) is 2.29. The highest BCUT2D eigenvalue weighted by atomic mass is 28.4. The van der Waals surface area contributed by atoms with Gasteiger partial charge in [0.15, 0.2) is 8.32 Å². The van der Waals surface area contributed by atoms with Crippen molar-refractivity contribution in [3.8, 4) is 0 Å². The Hall–Kier alpha value is -1.86. The molecule has 1 N–H and O–H groups in total. The Morgan fingerprint density at radius 2 is 1.62 bits per heavy atom. The lowest BCUT2D eigenvalue weighted by molar-refractivity contribution is -0.156. The summed E-state index contributed by atoms with van der Waals surface area (Å²) in [4.78, 5) is 24.4. The van der Waals surface area contributed by atoms with Gasteiger partial charge in [-0.05, 0) is 44.5 Å². The highest BCUT2D eigenvalue weighted by Gasteiger charge is 2.40. The second-order valence-electron chi connectivity index (χ2n) is 9.73. The first-order valence-electron chi connectivity index (χ1n) is 10.0. The predicted octanol–water partition coefficient (Wildman–Crippen LogP) is 5.04. The molecular weight excluding hydrogens is 386 g/mol. The minimum Gasteiger partial charge on any atom is -0.460 e. The number of rotatable bonds is 8. The van der Waals surface area contributed by atoms with Gasteiger partial charge in [0.1, 0.15) is 12.2 Å². The van der Waals surface area contributed by atoms with E-state index in [-0.39, 0.29) is 30.6 Å². The number of hydrogen-bond acceptors (Lipinski definition) is 5. The van der Waals surface area contributed by atoms with E-state index < -0.39 is 26.1 Å². The SMILES string of the molecule is CC(C)(C)OC(=O)C[C@H](CNC(=O)OCc1ccccc1)O[Si](C)(C)C(C)(C)C. The summed E-state index contributed by atoms with van der Waals surface area (Å²) in [5.74, 6) is -0.347. The molecule has 0 unspecified atom stereocenters. The molecular formula is C22H37NO5Si. The zero-order valence-corrected chi connectivity index (χ0v) is 20.1. The van der Waals surface area contributed by atoms with Gasteiger partial charge in [0.2, 0.25) is 0 Å². The van der Waals surface area contributed by atoms with E-state index >= 15 is 0 Å². The maximum Gasteiger partial charge on any atom is 0.407 e. The molecule has 0 fully saturated rings. The highest BCUT2D eigenvalue weighted by Crippen LogP contribution is 2.37. The topological polar surface area (TPSA) is 73.9 Å². The summed E-state index contributed by atoms with van der Waals surface area (Å²) in [6, 6.07) is 9.46. The van der Waals surface area contributed by atoms with Gasteiger partial charge < -0.3 is 19.2 Å². The van der Waals surface area contributed by atoms with Gasteiger partial charge in [0.05, 0.1) is 12.5 Å². The van der Waals surface area contributed by atoms with Gasteiger partial charge in [0, 0.05) is 6.54 Å². The van der Waals surface area contributed by atoms with E-state index in [1.54, 1.807) is 0 Å². The van der Waals surface area contributed by atoms with Crippen LogP contribution in [0.15, 0.2) is 30.3 Å². The van der Waals surface area contributed by atoms with E-state index in [0.29, 0.717) is 0 Å². The molecule has 0 aliphatic heterocycles. The van der Waals surface area contributed by atoms with Gasteiger partial charge in [-0.1, -0.05) is 51.1 Å². The van der Waals surface area contributed by atoms with Gasteiger partial charge in [-0.2, -0.15) is 0 Å². The summed E-state index contributed by atoms with van der Waals surface area (Å²) in [6.45, 7) is 16.5. The van der Waals surface area contributed by atoms with Crippen LogP contribution < -0.4 is 5.32 Å². The number of alkyl carbamates (subject to hydrolysis) is 1. The Kier molecular flexibility index (Phi) is 8.90. The number of ether oxygens (including phenoxy) is 2. The molecule has 1 atom stereocenters. The Labute approximate surface area is 176 Å². The zero-order chi connectivity index (χ0) is 22.3. The predicted molar refractivity (Wildman–Crippen MR) is 117 cm³/mol. The molecule has 0 saturated heterocycles. The van der Waals surface area contributed by atoms with Crippen molar-refractivity contribution in [1.29, 1.82) is 0 Å². The lowest BCUT2D eigenvalue weighted by atomic mass is 10.2. The summed E-state index contributed by atoms with van der Waals surface area (Å²) in [5.41, 5.74) is 0.339. The third-order valence-electron chi connectivity index (χ3n) is 4.77. The third-order valence-corrected chi connectivity index (χ3v) is 9.30. The molecule has 0 radical (unpaired) electrons. The normalized spacial score (nSPS) is 13.5. The van der Waals surface area contributed by atoms with Gasteiger partial charge in [0.25, 0.3) is 0 Å². The Balaban J connectivity index is 2.69. The van der Waals surface area contributed by atoms with Crippen molar-refractivity contribution < 1.29 is 23.5 Å². The zero-order valence-electron chi connectivity index (χ0n) is 19.1. The second-order valence-corrected chi connectivity index (χ2v) is 14.5. The summed E-state index contributed by atoms with van der Waals surface area (Å²) in [7, 11) is -2.14. The number of carbonyl (C=O) groups excluding carboxylic acids is 2. The molecule has 0 aliphatic rings. The van der Waals surface area contributed by atoms with Crippen LogP contribution in [-0.4, -0.2) is 38.6 Å². The first-order chi connectivity index (χ1) is 13.2. The minimum absolute atomic E-state index is 0.0208. The molecule has 1 rings (SSSR count). The van der Waals surface area contributed by atoms with Crippen LogP contribution in [0.5, 0.6) is 0 Å². The summed E-state index contributed by atoms with van der Waals surface area (Å²) in [5, 5.41) is 2.70. The maximum absolute atomic E-state index is 12.3. The molecule has 0 bridgehead atoms. The first kappa shape index (κ1) is 25.2. The van der Waals surface area contributed by atoms with Crippen molar-refractivity contribution in [3.05, 3.63) is 35.9 Å². The number of esters is 1. The standard InChI is InChI=1S/C22H37NO5Si/c1-21(2,3)27-19(24)14-18(28-29(7,8)22(4,5)6)15-23-20(25)26-16-17-12-10-9-11-13-17/h9-13,18H,14-16H2,1-8H3,(H,23,25)/t18-/m1/s1. The van der Waals surface area contributed by atoms with Crippen LogP contribution in [0, 0.1) is 0 Å². The molecule has 164 valence electrons. The lowest BCUT2D eigenvalue weighted by Gasteiger charge is -2.39. The molecule has 0 aromatic heterocycles. The van der Waals surface area contributed by atoms with Crippen LogP contribution in [-0.2, 0) is 25.3 Å². The largest absolute Gasteiger partial charge is 0.460 e. The van der Waals surface area contributed by atoms with Crippen LogP contribution in [0.3, 0.4) is 0 Å². The van der Waals surface area contributed by atoms with Gasteiger partial charge in [-0.25, -0.2) is 4.79 Å². The fourth-order valence-corrected chi connectivity index (χ4v) is 3.64. The molecule has 0 spiro atoms. The van der Waals surface area contributed by atoms with E-state index in [2.05, 4.69) is 39.2 Å². The Morgan fingerprint density at radius 3 is 2.14 bits per heavy atom. The summed E-state index contributed by atoms with van der Waals surface area (Å²) in [6.07, 6.45) is -0.945. The van der Waals surface area contributed by atoms with Crippen LogP contribution >= 0.6 is 0 Å². The first-order valence-corrected chi connectivity index (χ1v) is 12.9. The minimum atomic E-state index is -2.14. The number of hydrogen-bond donors (Lipinski definition) is 1. The van der Waals surface area contributed by atoms with Crippen molar-refractivity contribution in [1.82, 2.24) is 5.32 Å². The summed E-state index contributed by atoms with van der Waals surface area (Å²) >= 11 is 0. The van der Waals surface area contributed by atoms with Crippen molar-refractivity contribution in [2.75, 3.05) is 6.54 Å². The maximum atomic E-state index is 12.3. The summed E-state index contributed by atoms with van der Waals surface area (Å²) < 4.78 is 17.1. The highest BCUT2D eigenvalue weighted by molar-refractivity contribution is 6.74. The number of nitrogens with one attached hydrogen (secondary N) is 1. The van der Waals surface area contributed by atoms with Crippen molar-refractivity contribution in [3.63, 3.8) is 0 Å². The smallest absolute Gasteiger partial charge is 0.407 e. The Bertz CT molecular complexity index is 662. The molecule has 1 amide bonds. The quantitative estimate of drug-likeness (QED) is 0.469. The molecule has 7 heteroatoms.